The van der Waals surface area contributed by atoms with Crippen molar-refractivity contribution in [1.29, 1.82) is 0 Å². The van der Waals surface area contributed by atoms with E-state index in [1.807, 2.05) is 6.92 Å². The predicted octanol–water partition coefficient (Wildman–Crippen LogP) is 1.76. The molecule has 0 aromatic rings. The summed E-state index contributed by atoms with van der Waals surface area (Å²) in [5, 5.41) is 8.76. The van der Waals surface area contributed by atoms with Crippen molar-refractivity contribution in [2.24, 2.45) is 5.92 Å². The Morgan fingerprint density at radius 3 is 2.33 bits per heavy atom. The number of amides is 1. The number of rotatable bonds is 9. The summed E-state index contributed by atoms with van der Waals surface area (Å²) in [6.07, 6.45) is 1.05. The van der Waals surface area contributed by atoms with Crippen molar-refractivity contribution in [3.63, 3.8) is 0 Å². The second-order valence-electron chi connectivity index (χ2n) is 4.85. The number of carbonyl (C=O) groups is 2. The molecule has 0 aromatic heterocycles. The number of carbonyl (C=O) groups excluding carboxylic acids is 1. The van der Waals surface area contributed by atoms with Crippen molar-refractivity contribution in [3.05, 3.63) is 0 Å². The second-order valence-corrected chi connectivity index (χ2v) is 4.85. The molecule has 5 heteroatoms. The first-order valence-corrected chi connectivity index (χ1v) is 6.50. The highest BCUT2D eigenvalue weighted by molar-refractivity contribution is 5.84. The molecule has 18 heavy (non-hydrogen) atoms. The Bertz CT molecular complexity index is 266. The lowest BCUT2D eigenvalue weighted by Gasteiger charge is -2.24. The zero-order valence-corrected chi connectivity index (χ0v) is 11.8. The lowest BCUT2D eigenvalue weighted by molar-refractivity contribution is -0.150. The maximum atomic E-state index is 12.0. The van der Waals surface area contributed by atoms with Crippen molar-refractivity contribution in [1.82, 2.24) is 4.90 Å². The molecule has 0 fully saturated rings. The van der Waals surface area contributed by atoms with Crippen LogP contribution in [0.3, 0.4) is 0 Å². The predicted molar refractivity (Wildman–Crippen MR) is 69.4 cm³/mol. The van der Waals surface area contributed by atoms with Crippen molar-refractivity contribution in [3.8, 4) is 0 Å². The van der Waals surface area contributed by atoms with Gasteiger partial charge in [-0.2, -0.15) is 0 Å². The van der Waals surface area contributed by atoms with E-state index in [2.05, 4.69) is 13.8 Å². The van der Waals surface area contributed by atoms with Crippen LogP contribution in [0.1, 0.15) is 40.5 Å². The first-order chi connectivity index (χ1) is 8.38. The largest absolute Gasteiger partial charge is 0.480 e. The van der Waals surface area contributed by atoms with E-state index in [0.717, 1.165) is 12.8 Å². The van der Waals surface area contributed by atoms with Crippen LogP contribution in [-0.4, -0.2) is 47.7 Å². The number of nitrogens with zero attached hydrogens (tertiary/aromatic N) is 1. The standard InChI is InChI=1S/C13H25NO4/c1-5-7-14(9-12(15)16)13(17)11(4)18-8-6-10(2)3/h10-11H,5-9H2,1-4H3,(H,15,16). The van der Waals surface area contributed by atoms with E-state index >= 15 is 0 Å². The van der Waals surface area contributed by atoms with E-state index in [1.165, 1.54) is 4.90 Å². The monoisotopic (exact) mass is 259 g/mol. The summed E-state index contributed by atoms with van der Waals surface area (Å²) >= 11 is 0. The molecule has 0 aliphatic carbocycles. The molecule has 0 spiro atoms. The zero-order chi connectivity index (χ0) is 14.1. The van der Waals surface area contributed by atoms with E-state index < -0.39 is 12.1 Å². The van der Waals surface area contributed by atoms with Crippen LogP contribution in [0.2, 0.25) is 0 Å². The van der Waals surface area contributed by atoms with Crippen LogP contribution in [0.15, 0.2) is 0 Å². The van der Waals surface area contributed by atoms with Gasteiger partial charge in [-0.1, -0.05) is 20.8 Å². The number of ether oxygens (including phenoxy) is 1. The minimum Gasteiger partial charge on any atom is -0.480 e. The molecular formula is C13H25NO4. The second kappa shape index (κ2) is 8.91. The maximum Gasteiger partial charge on any atom is 0.323 e. The van der Waals surface area contributed by atoms with Gasteiger partial charge in [0, 0.05) is 13.2 Å². The normalized spacial score (nSPS) is 12.5. The van der Waals surface area contributed by atoms with Crippen molar-refractivity contribution in [2.75, 3.05) is 19.7 Å². The van der Waals surface area contributed by atoms with Gasteiger partial charge in [0.05, 0.1) is 0 Å². The third kappa shape index (κ3) is 7.27. The summed E-state index contributed by atoms with van der Waals surface area (Å²) in [5.74, 6) is -0.716. The van der Waals surface area contributed by atoms with E-state index in [9.17, 15) is 9.59 Å². The fourth-order valence-corrected chi connectivity index (χ4v) is 1.51. The molecule has 0 saturated carbocycles. The van der Waals surface area contributed by atoms with Gasteiger partial charge in [-0.3, -0.25) is 9.59 Å². The molecule has 0 saturated heterocycles. The fraction of sp³-hybridized carbons (Fsp3) is 0.846. The summed E-state index contributed by atoms with van der Waals surface area (Å²) in [7, 11) is 0. The summed E-state index contributed by atoms with van der Waals surface area (Å²) in [5.41, 5.74) is 0. The first kappa shape index (κ1) is 16.9. The average molecular weight is 259 g/mol. The molecule has 0 rings (SSSR count). The molecular weight excluding hydrogens is 234 g/mol. The summed E-state index contributed by atoms with van der Waals surface area (Å²) in [6.45, 7) is 8.47. The molecule has 0 heterocycles. The molecule has 0 bridgehead atoms. The minimum absolute atomic E-state index is 0.247. The van der Waals surface area contributed by atoms with Crippen LogP contribution in [0.25, 0.3) is 0 Å². The molecule has 0 aliphatic rings. The third-order valence-electron chi connectivity index (χ3n) is 2.54. The van der Waals surface area contributed by atoms with Gasteiger partial charge in [0.15, 0.2) is 0 Å². The molecule has 1 unspecified atom stereocenters. The fourth-order valence-electron chi connectivity index (χ4n) is 1.51. The molecule has 1 amide bonds. The molecule has 0 aromatic carbocycles. The minimum atomic E-state index is -0.994. The number of aliphatic carboxylic acids is 1. The number of hydrogen-bond acceptors (Lipinski definition) is 3. The van der Waals surface area contributed by atoms with Crippen molar-refractivity contribution >= 4 is 11.9 Å². The Morgan fingerprint density at radius 2 is 1.89 bits per heavy atom. The number of carboxylic acids is 1. The lowest BCUT2D eigenvalue weighted by atomic mass is 10.1. The number of carboxylic acid groups (broad SMARTS) is 1. The molecule has 0 aliphatic heterocycles. The third-order valence-corrected chi connectivity index (χ3v) is 2.54. The first-order valence-electron chi connectivity index (χ1n) is 6.50. The molecule has 5 nitrogen and oxygen atoms in total. The van der Waals surface area contributed by atoms with Crippen LogP contribution < -0.4 is 0 Å². The van der Waals surface area contributed by atoms with Crippen LogP contribution in [0, 0.1) is 5.92 Å². The molecule has 1 N–H and O–H groups in total. The van der Waals surface area contributed by atoms with Crippen LogP contribution >= 0.6 is 0 Å². The smallest absolute Gasteiger partial charge is 0.323 e. The number of hydrogen-bond donors (Lipinski definition) is 1. The van der Waals surface area contributed by atoms with Gasteiger partial charge in [0.1, 0.15) is 12.6 Å². The Hall–Kier alpha value is -1.10. The Balaban J connectivity index is 4.23. The Labute approximate surface area is 109 Å². The topological polar surface area (TPSA) is 66.8 Å². The SMILES string of the molecule is CCCN(CC(=O)O)C(=O)C(C)OCCC(C)C. The van der Waals surface area contributed by atoms with Crippen LogP contribution in [0.4, 0.5) is 0 Å². The van der Waals surface area contributed by atoms with Gasteiger partial charge in [0.2, 0.25) is 0 Å². The highest BCUT2D eigenvalue weighted by Gasteiger charge is 2.22. The van der Waals surface area contributed by atoms with Crippen molar-refractivity contribution < 1.29 is 19.4 Å². The summed E-state index contributed by atoms with van der Waals surface area (Å²) in [6, 6.07) is 0. The molecule has 106 valence electrons. The summed E-state index contributed by atoms with van der Waals surface area (Å²) in [4.78, 5) is 24.0. The van der Waals surface area contributed by atoms with Gasteiger partial charge in [-0.25, -0.2) is 0 Å². The average Bonchev–Trinajstić information content (AvgIpc) is 2.26. The van der Waals surface area contributed by atoms with Gasteiger partial charge < -0.3 is 14.7 Å². The lowest BCUT2D eigenvalue weighted by Crippen LogP contribution is -2.42. The van der Waals surface area contributed by atoms with Gasteiger partial charge in [-0.15, -0.1) is 0 Å². The highest BCUT2D eigenvalue weighted by atomic mass is 16.5. The Kier molecular flexibility index (Phi) is 8.37. The molecule has 0 radical (unpaired) electrons. The Morgan fingerprint density at radius 1 is 1.28 bits per heavy atom. The van der Waals surface area contributed by atoms with Gasteiger partial charge in [-0.05, 0) is 25.7 Å². The van der Waals surface area contributed by atoms with Gasteiger partial charge in [0.25, 0.3) is 5.91 Å². The van der Waals surface area contributed by atoms with Gasteiger partial charge >= 0.3 is 5.97 Å². The maximum absolute atomic E-state index is 12.0. The molecule has 1 atom stereocenters. The van der Waals surface area contributed by atoms with E-state index in [4.69, 9.17) is 9.84 Å². The quantitative estimate of drug-likeness (QED) is 0.685. The van der Waals surface area contributed by atoms with E-state index in [-0.39, 0.29) is 12.5 Å². The van der Waals surface area contributed by atoms with Crippen LogP contribution in [0.5, 0.6) is 0 Å². The van der Waals surface area contributed by atoms with E-state index in [1.54, 1.807) is 6.92 Å². The zero-order valence-electron chi connectivity index (χ0n) is 11.8. The highest BCUT2D eigenvalue weighted by Crippen LogP contribution is 2.05. The summed E-state index contributed by atoms with van der Waals surface area (Å²) < 4.78 is 5.44. The van der Waals surface area contributed by atoms with E-state index in [0.29, 0.717) is 19.1 Å². The van der Waals surface area contributed by atoms with Crippen molar-refractivity contribution in [2.45, 2.75) is 46.6 Å². The van der Waals surface area contributed by atoms with Crippen LogP contribution in [-0.2, 0) is 14.3 Å².